The molecule has 3 heterocycles. The zero-order chi connectivity index (χ0) is 18.9. The molecule has 3 aliphatic heterocycles. The van der Waals surface area contributed by atoms with Crippen molar-refractivity contribution in [3.05, 3.63) is 0 Å². The Morgan fingerprint density at radius 1 is 1.08 bits per heavy atom. The molecule has 0 aromatic carbocycles. The first-order valence-electron chi connectivity index (χ1n) is 9.06. The minimum absolute atomic E-state index is 0.304. The molecular weight excluding hydrogens is 354 g/mol. The van der Waals surface area contributed by atoms with Gasteiger partial charge >= 0.3 is 6.03 Å². The summed E-state index contributed by atoms with van der Waals surface area (Å²) < 4.78 is 0. The van der Waals surface area contributed by atoms with E-state index in [4.69, 9.17) is 0 Å². The van der Waals surface area contributed by atoms with E-state index in [1.807, 2.05) is 0 Å². The molecule has 0 aliphatic carbocycles. The van der Waals surface area contributed by atoms with Crippen LogP contribution in [0.15, 0.2) is 0 Å². The third-order valence-electron chi connectivity index (χ3n) is 5.26. The number of likely N-dealkylation sites (tertiary alicyclic amines) is 2. The molecule has 0 aromatic rings. The Morgan fingerprint density at radius 3 is 2.38 bits per heavy atom. The van der Waals surface area contributed by atoms with E-state index in [1.54, 1.807) is 19.0 Å². The Morgan fingerprint density at radius 2 is 1.77 bits per heavy atom. The molecule has 9 heteroatoms. The maximum atomic E-state index is 13.6. The fourth-order valence-corrected chi connectivity index (χ4v) is 5.30. The highest BCUT2D eigenvalue weighted by Gasteiger charge is 2.61. The highest BCUT2D eigenvalue weighted by molar-refractivity contribution is 8.02. The smallest absolute Gasteiger partial charge is 0.321 e. The van der Waals surface area contributed by atoms with Crippen LogP contribution in [0.3, 0.4) is 0 Å². The molecule has 3 saturated heterocycles. The normalized spacial score (nSPS) is 28.3. The van der Waals surface area contributed by atoms with E-state index in [0.717, 1.165) is 19.3 Å². The molecule has 8 nitrogen and oxygen atoms in total. The van der Waals surface area contributed by atoms with E-state index in [0.29, 0.717) is 38.4 Å². The molecule has 3 fully saturated rings. The van der Waals surface area contributed by atoms with Gasteiger partial charge in [-0.25, -0.2) is 4.79 Å². The molecule has 0 spiro atoms. The number of nitrogens with zero attached hydrogens (tertiary/aromatic N) is 5. The number of thioether (sulfide) groups is 1. The lowest BCUT2D eigenvalue weighted by Gasteiger charge is -2.40. The van der Waals surface area contributed by atoms with E-state index in [9.17, 15) is 19.6 Å². The van der Waals surface area contributed by atoms with Crippen molar-refractivity contribution in [1.82, 2.24) is 19.6 Å². The van der Waals surface area contributed by atoms with Crippen LogP contribution in [0.1, 0.15) is 25.7 Å². The van der Waals surface area contributed by atoms with Crippen molar-refractivity contribution >= 4 is 29.6 Å². The third-order valence-corrected chi connectivity index (χ3v) is 6.63. The van der Waals surface area contributed by atoms with Crippen LogP contribution in [0.4, 0.5) is 4.79 Å². The lowest BCUT2D eigenvalue weighted by atomic mass is 10.1. The van der Waals surface area contributed by atoms with Gasteiger partial charge in [0.1, 0.15) is 6.04 Å². The lowest BCUT2D eigenvalue weighted by Crippen LogP contribution is -2.66. The van der Waals surface area contributed by atoms with Gasteiger partial charge in [0, 0.05) is 46.0 Å². The third kappa shape index (κ3) is 2.90. The number of hydrogen-bond acceptors (Lipinski definition) is 5. The van der Waals surface area contributed by atoms with E-state index in [-0.39, 0.29) is 11.9 Å². The molecule has 2 atom stereocenters. The van der Waals surface area contributed by atoms with Crippen LogP contribution in [0.25, 0.3) is 0 Å². The van der Waals surface area contributed by atoms with Crippen molar-refractivity contribution in [3.8, 4) is 6.07 Å². The zero-order valence-corrected chi connectivity index (χ0v) is 16.1. The minimum Gasteiger partial charge on any atom is -0.339 e. The number of rotatable bonds is 2. The summed E-state index contributed by atoms with van der Waals surface area (Å²) in [5, 5.41) is 9.39. The van der Waals surface area contributed by atoms with Crippen LogP contribution in [-0.4, -0.2) is 94.4 Å². The van der Waals surface area contributed by atoms with Crippen LogP contribution >= 0.6 is 11.8 Å². The summed E-state index contributed by atoms with van der Waals surface area (Å²) in [5.41, 5.74) is 0. The molecule has 26 heavy (non-hydrogen) atoms. The molecule has 3 rings (SSSR count). The number of hydrogen-bond donors (Lipinski definition) is 0. The second kappa shape index (κ2) is 7.35. The fraction of sp³-hybridized carbons (Fsp3) is 0.765. The minimum atomic E-state index is -1.58. The number of carbonyl (C=O) groups excluding carboxylic acids is 3. The molecular formula is C17H25N5O3S. The maximum Gasteiger partial charge on any atom is 0.321 e. The fourth-order valence-electron chi connectivity index (χ4n) is 3.91. The van der Waals surface area contributed by atoms with Crippen molar-refractivity contribution < 1.29 is 14.4 Å². The summed E-state index contributed by atoms with van der Waals surface area (Å²) in [6.07, 6.45) is 3.17. The second-order valence-corrected chi connectivity index (χ2v) is 8.39. The molecule has 2 unspecified atom stereocenters. The summed E-state index contributed by atoms with van der Waals surface area (Å²) in [4.78, 5) is 44.2. The number of carbonyl (C=O) groups is 3. The monoisotopic (exact) mass is 379 g/mol. The van der Waals surface area contributed by atoms with E-state index in [2.05, 4.69) is 6.07 Å². The van der Waals surface area contributed by atoms with Gasteiger partial charge in [-0.3, -0.25) is 14.5 Å². The van der Waals surface area contributed by atoms with Crippen molar-refractivity contribution in [3.63, 3.8) is 0 Å². The largest absolute Gasteiger partial charge is 0.339 e. The Balaban J connectivity index is 2.01. The van der Waals surface area contributed by atoms with Crippen LogP contribution in [-0.2, 0) is 9.59 Å². The Hall–Kier alpha value is -1.95. The van der Waals surface area contributed by atoms with Crippen LogP contribution in [0.2, 0.25) is 0 Å². The molecule has 0 radical (unpaired) electrons. The van der Waals surface area contributed by atoms with Gasteiger partial charge in [-0.05, 0) is 25.7 Å². The Labute approximate surface area is 158 Å². The number of amides is 4. The standard InChI is InChI=1S/C17H25N5O3S/c1-19(2)16(25)22-10-11-26-17(22,14(23)20-7-3-4-8-20)15(24)21-9-5-6-13(21)12-18/h13H,3-11H2,1-2H3. The first kappa shape index (κ1) is 18.8. The molecule has 0 aromatic heterocycles. The second-order valence-electron chi connectivity index (χ2n) is 7.11. The molecule has 142 valence electrons. The van der Waals surface area contributed by atoms with E-state index in [1.165, 1.54) is 26.5 Å². The average molecular weight is 379 g/mol. The van der Waals surface area contributed by atoms with Gasteiger partial charge in [0.25, 0.3) is 11.8 Å². The predicted molar refractivity (Wildman–Crippen MR) is 97.1 cm³/mol. The predicted octanol–water partition coefficient (Wildman–Crippen LogP) is 0.550. The quantitative estimate of drug-likeness (QED) is 0.654. The maximum absolute atomic E-state index is 13.6. The van der Waals surface area contributed by atoms with Crippen molar-refractivity contribution in [2.24, 2.45) is 0 Å². The van der Waals surface area contributed by atoms with Gasteiger partial charge in [-0.2, -0.15) is 5.26 Å². The molecule has 0 N–H and O–H groups in total. The van der Waals surface area contributed by atoms with Crippen LogP contribution in [0.5, 0.6) is 0 Å². The Kier molecular flexibility index (Phi) is 5.32. The summed E-state index contributed by atoms with van der Waals surface area (Å²) in [6, 6.07) is 1.30. The first-order valence-corrected chi connectivity index (χ1v) is 10.0. The lowest BCUT2D eigenvalue weighted by molar-refractivity contribution is -0.149. The summed E-state index contributed by atoms with van der Waals surface area (Å²) >= 11 is 1.23. The van der Waals surface area contributed by atoms with Gasteiger partial charge in [-0.15, -0.1) is 11.8 Å². The van der Waals surface area contributed by atoms with E-state index >= 15 is 0 Å². The van der Waals surface area contributed by atoms with E-state index < -0.39 is 16.8 Å². The van der Waals surface area contributed by atoms with Gasteiger partial charge < -0.3 is 14.7 Å². The number of nitriles is 1. The molecule has 4 amide bonds. The van der Waals surface area contributed by atoms with Crippen LogP contribution in [0, 0.1) is 11.3 Å². The van der Waals surface area contributed by atoms with Gasteiger partial charge in [0.2, 0.25) is 4.87 Å². The first-order chi connectivity index (χ1) is 12.4. The topological polar surface area (TPSA) is 88.0 Å². The van der Waals surface area contributed by atoms with Gasteiger partial charge in [0.15, 0.2) is 0 Å². The van der Waals surface area contributed by atoms with Crippen molar-refractivity contribution in [2.75, 3.05) is 46.0 Å². The Bertz CT molecular complexity index is 643. The highest BCUT2D eigenvalue weighted by Crippen LogP contribution is 2.41. The summed E-state index contributed by atoms with van der Waals surface area (Å²) in [5.74, 6) is -0.187. The van der Waals surface area contributed by atoms with Crippen LogP contribution < -0.4 is 0 Å². The number of urea groups is 1. The average Bonchev–Trinajstić information content (AvgIpc) is 3.39. The molecule has 3 aliphatic rings. The molecule has 0 saturated carbocycles. The van der Waals surface area contributed by atoms with Crippen molar-refractivity contribution in [2.45, 2.75) is 36.6 Å². The SMILES string of the molecule is CN(C)C(=O)N1CCSC1(C(=O)N1CCCC1)C(=O)N1CCCC1C#N. The van der Waals surface area contributed by atoms with Crippen molar-refractivity contribution in [1.29, 1.82) is 5.26 Å². The molecule has 0 bridgehead atoms. The zero-order valence-electron chi connectivity index (χ0n) is 15.3. The summed E-state index contributed by atoms with van der Waals surface area (Å²) in [6.45, 7) is 2.02. The van der Waals surface area contributed by atoms with Gasteiger partial charge in [-0.1, -0.05) is 0 Å². The highest BCUT2D eigenvalue weighted by atomic mass is 32.2. The summed E-state index contributed by atoms with van der Waals surface area (Å²) in [7, 11) is 3.24. The van der Waals surface area contributed by atoms with Gasteiger partial charge in [0.05, 0.1) is 6.07 Å².